The van der Waals surface area contributed by atoms with Crippen molar-refractivity contribution in [3.05, 3.63) is 30.7 Å². The van der Waals surface area contributed by atoms with Gasteiger partial charge in [-0.15, -0.1) is 5.10 Å². The number of carbonyl (C=O) groups is 1. The largest absolute Gasteiger partial charge is 0.339 e. The number of amides is 1. The van der Waals surface area contributed by atoms with Gasteiger partial charge >= 0.3 is 0 Å². The smallest absolute Gasteiger partial charge is 0.241 e. The van der Waals surface area contributed by atoms with E-state index in [1.54, 1.807) is 5.01 Å². The van der Waals surface area contributed by atoms with Crippen LogP contribution in [0.15, 0.2) is 30.7 Å². The number of nitrogens with zero attached hydrogens (tertiary/aromatic N) is 6. The zero-order valence-electron chi connectivity index (χ0n) is 16.5. The Morgan fingerprint density at radius 1 is 1.13 bits per heavy atom. The minimum Gasteiger partial charge on any atom is -0.339 e. The maximum absolute atomic E-state index is 12.0. The van der Waals surface area contributed by atoms with Crippen molar-refractivity contribution >= 4 is 33.7 Å². The molecular formula is C21H22N8O. The molecule has 0 unspecified atom stereocenters. The molecule has 3 aromatic heterocycles. The summed E-state index contributed by atoms with van der Waals surface area (Å²) in [6.07, 6.45) is 9.87. The minimum atomic E-state index is 0.0919. The van der Waals surface area contributed by atoms with Crippen LogP contribution in [-0.4, -0.2) is 47.4 Å². The number of hydrazine groups is 1. The van der Waals surface area contributed by atoms with Gasteiger partial charge in [0.25, 0.3) is 0 Å². The second-order valence-corrected chi connectivity index (χ2v) is 8.11. The van der Waals surface area contributed by atoms with Gasteiger partial charge in [0.2, 0.25) is 5.91 Å². The SMILES string of the molecule is O=C1CCCN1Nc1ncnc2[nH]c3cc(-c4cn(C5CCCC5)nn4)ccc3c12. The highest BCUT2D eigenvalue weighted by Gasteiger charge is 2.23. The van der Waals surface area contributed by atoms with Crippen molar-refractivity contribution in [1.82, 2.24) is 35.0 Å². The van der Waals surface area contributed by atoms with Gasteiger partial charge in [-0.2, -0.15) is 0 Å². The number of anilines is 1. The molecular weight excluding hydrogens is 380 g/mol. The van der Waals surface area contributed by atoms with Crippen LogP contribution in [0.5, 0.6) is 0 Å². The van der Waals surface area contributed by atoms with Gasteiger partial charge in [0.05, 0.1) is 17.6 Å². The van der Waals surface area contributed by atoms with E-state index in [0.29, 0.717) is 24.8 Å². The molecule has 0 radical (unpaired) electrons. The Labute approximate surface area is 172 Å². The van der Waals surface area contributed by atoms with E-state index in [4.69, 9.17) is 0 Å². The van der Waals surface area contributed by atoms with Crippen molar-refractivity contribution in [3.8, 4) is 11.3 Å². The predicted molar refractivity (Wildman–Crippen MR) is 112 cm³/mol. The average molecular weight is 402 g/mol. The summed E-state index contributed by atoms with van der Waals surface area (Å²) in [5.74, 6) is 0.732. The molecule has 2 N–H and O–H groups in total. The van der Waals surface area contributed by atoms with Crippen LogP contribution in [0.3, 0.4) is 0 Å². The Morgan fingerprint density at radius 3 is 2.87 bits per heavy atom. The number of nitrogens with one attached hydrogen (secondary N) is 2. The number of aromatic nitrogens is 6. The fourth-order valence-electron chi connectivity index (χ4n) is 4.62. The quantitative estimate of drug-likeness (QED) is 0.542. The zero-order valence-corrected chi connectivity index (χ0v) is 16.5. The van der Waals surface area contributed by atoms with Gasteiger partial charge in [-0.25, -0.2) is 14.6 Å². The number of fused-ring (bicyclic) bond motifs is 3. The summed E-state index contributed by atoms with van der Waals surface area (Å²) in [5.41, 5.74) is 6.75. The van der Waals surface area contributed by atoms with Crippen LogP contribution in [-0.2, 0) is 4.79 Å². The summed E-state index contributed by atoms with van der Waals surface area (Å²) in [7, 11) is 0. The second kappa shape index (κ2) is 6.79. The monoisotopic (exact) mass is 402 g/mol. The Hall–Kier alpha value is -3.49. The predicted octanol–water partition coefficient (Wildman–Crippen LogP) is 3.43. The normalized spacial score (nSPS) is 17.6. The van der Waals surface area contributed by atoms with Crippen molar-refractivity contribution in [2.45, 2.75) is 44.6 Å². The maximum Gasteiger partial charge on any atom is 0.241 e. The summed E-state index contributed by atoms with van der Waals surface area (Å²) >= 11 is 0. The molecule has 30 heavy (non-hydrogen) atoms. The van der Waals surface area contributed by atoms with Crippen molar-refractivity contribution in [2.24, 2.45) is 0 Å². The van der Waals surface area contributed by atoms with E-state index in [0.717, 1.165) is 39.6 Å². The van der Waals surface area contributed by atoms with Crippen molar-refractivity contribution < 1.29 is 4.79 Å². The molecule has 4 heterocycles. The highest BCUT2D eigenvalue weighted by atomic mass is 16.2. The first-order valence-corrected chi connectivity index (χ1v) is 10.5. The second-order valence-electron chi connectivity index (χ2n) is 8.11. The standard InChI is InChI=1S/C21H22N8O/c30-18-6-3-9-28(18)26-21-19-15-8-7-13(10-16(15)24-20(19)22-12-23-21)17-11-29(27-25-17)14-4-1-2-5-14/h7-8,10-12,14H,1-6,9H2,(H2,22,23,24,26). The van der Waals surface area contributed by atoms with Crippen LogP contribution < -0.4 is 5.43 Å². The lowest BCUT2D eigenvalue weighted by Gasteiger charge is -2.17. The first-order chi connectivity index (χ1) is 14.8. The van der Waals surface area contributed by atoms with E-state index in [1.165, 1.54) is 32.0 Å². The fraction of sp³-hybridized carbons (Fsp3) is 0.381. The lowest BCUT2D eigenvalue weighted by Crippen LogP contribution is -2.31. The van der Waals surface area contributed by atoms with Crippen LogP contribution >= 0.6 is 0 Å². The number of hydrogen-bond acceptors (Lipinski definition) is 6. The van der Waals surface area contributed by atoms with Crippen molar-refractivity contribution in [2.75, 3.05) is 12.0 Å². The van der Waals surface area contributed by atoms with Crippen molar-refractivity contribution in [1.29, 1.82) is 0 Å². The van der Waals surface area contributed by atoms with Crippen LogP contribution in [0, 0.1) is 0 Å². The number of H-pyrrole nitrogens is 1. The van der Waals surface area contributed by atoms with E-state index in [1.807, 2.05) is 10.9 Å². The van der Waals surface area contributed by atoms with Crippen LogP contribution in [0.4, 0.5) is 5.82 Å². The van der Waals surface area contributed by atoms with E-state index in [-0.39, 0.29) is 5.91 Å². The first kappa shape index (κ1) is 17.4. The van der Waals surface area contributed by atoms with Gasteiger partial charge in [0, 0.05) is 29.4 Å². The van der Waals surface area contributed by atoms with E-state index >= 15 is 0 Å². The zero-order chi connectivity index (χ0) is 20.1. The lowest BCUT2D eigenvalue weighted by molar-refractivity contribution is -0.126. The summed E-state index contributed by atoms with van der Waals surface area (Å²) < 4.78 is 2.01. The molecule has 1 aliphatic carbocycles. The van der Waals surface area contributed by atoms with Crippen LogP contribution in [0.25, 0.3) is 33.2 Å². The number of hydrogen-bond donors (Lipinski definition) is 2. The third-order valence-electron chi connectivity index (χ3n) is 6.21. The number of carbonyl (C=O) groups excluding carboxylic acids is 1. The Kier molecular flexibility index (Phi) is 3.93. The summed E-state index contributed by atoms with van der Waals surface area (Å²) in [6.45, 7) is 0.688. The van der Waals surface area contributed by atoms with E-state index in [2.05, 4.69) is 48.9 Å². The maximum atomic E-state index is 12.0. The summed E-state index contributed by atoms with van der Waals surface area (Å²) in [4.78, 5) is 24.2. The van der Waals surface area contributed by atoms with Gasteiger partial charge in [0.15, 0.2) is 5.82 Å². The molecule has 0 atom stereocenters. The fourth-order valence-corrected chi connectivity index (χ4v) is 4.62. The Bertz CT molecular complexity index is 1250. The van der Waals surface area contributed by atoms with Crippen molar-refractivity contribution in [3.63, 3.8) is 0 Å². The van der Waals surface area contributed by atoms with Crippen LogP contribution in [0.2, 0.25) is 0 Å². The highest BCUT2D eigenvalue weighted by molar-refractivity contribution is 6.11. The van der Waals surface area contributed by atoms with Gasteiger partial charge in [-0.1, -0.05) is 30.2 Å². The summed E-state index contributed by atoms with van der Waals surface area (Å²) in [5, 5.41) is 12.3. The molecule has 1 saturated heterocycles. The van der Waals surface area contributed by atoms with E-state index in [9.17, 15) is 4.79 Å². The van der Waals surface area contributed by atoms with E-state index < -0.39 is 0 Å². The van der Waals surface area contributed by atoms with Gasteiger partial charge in [-0.05, 0) is 25.3 Å². The molecule has 1 aliphatic heterocycles. The lowest BCUT2D eigenvalue weighted by atomic mass is 10.1. The highest BCUT2D eigenvalue weighted by Crippen LogP contribution is 2.33. The van der Waals surface area contributed by atoms with Crippen LogP contribution in [0.1, 0.15) is 44.6 Å². The molecule has 9 nitrogen and oxygen atoms in total. The molecule has 1 amide bonds. The molecule has 6 rings (SSSR count). The molecule has 4 aromatic rings. The molecule has 0 bridgehead atoms. The van der Waals surface area contributed by atoms with Gasteiger partial charge < -0.3 is 4.98 Å². The number of aromatic amines is 1. The molecule has 2 fully saturated rings. The number of rotatable bonds is 4. The molecule has 1 aromatic carbocycles. The third-order valence-corrected chi connectivity index (χ3v) is 6.21. The summed E-state index contributed by atoms with van der Waals surface area (Å²) in [6, 6.07) is 6.65. The minimum absolute atomic E-state index is 0.0919. The average Bonchev–Trinajstić information content (AvgIpc) is 3.54. The molecule has 0 spiro atoms. The molecule has 152 valence electrons. The van der Waals surface area contributed by atoms with Gasteiger partial charge in [-0.3, -0.25) is 15.2 Å². The Morgan fingerprint density at radius 2 is 2.03 bits per heavy atom. The topological polar surface area (TPSA) is 105 Å². The molecule has 9 heteroatoms. The molecule has 2 aliphatic rings. The first-order valence-electron chi connectivity index (χ1n) is 10.5. The molecule has 1 saturated carbocycles. The van der Waals surface area contributed by atoms with Gasteiger partial charge in [0.1, 0.15) is 17.7 Å². The third kappa shape index (κ3) is 2.80. The Balaban J connectivity index is 1.38. The number of benzene rings is 1.